The van der Waals surface area contributed by atoms with Crippen LogP contribution in [-0.4, -0.2) is 24.6 Å². The third-order valence-electron chi connectivity index (χ3n) is 3.41. The molecule has 124 valence electrons. The van der Waals surface area contributed by atoms with Gasteiger partial charge in [0.25, 0.3) is 0 Å². The van der Waals surface area contributed by atoms with E-state index in [-0.39, 0.29) is 6.61 Å². The zero-order chi connectivity index (χ0) is 17.4. The molecule has 0 radical (unpaired) electrons. The third-order valence-corrected chi connectivity index (χ3v) is 3.41. The van der Waals surface area contributed by atoms with Crippen LogP contribution in [0.25, 0.3) is 6.08 Å². The van der Waals surface area contributed by atoms with Crippen molar-refractivity contribution in [1.82, 2.24) is 0 Å². The van der Waals surface area contributed by atoms with Crippen LogP contribution in [0.4, 0.5) is 0 Å². The van der Waals surface area contributed by atoms with Gasteiger partial charge >= 0.3 is 11.9 Å². The van der Waals surface area contributed by atoms with Crippen LogP contribution in [0, 0.1) is 0 Å². The van der Waals surface area contributed by atoms with Crippen LogP contribution in [-0.2, 0) is 25.7 Å². The normalized spacial score (nSPS) is 13.2. The Kier molecular flexibility index (Phi) is 5.87. The summed E-state index contributed by atoms with van der Waals surface area (Å²) in [5.41, 5.74) is 5.57. The summed E-state index contributed by atoms with van der Waals surface area (Å²) >= 11 is 0. The fourth-order valence-corrected chi connectivity index (χ4v) is 2.02. The second-order valence-electron chi connectivity index (χ2n) is 5.17. The number of nitrogens with two attached hydrogens (primary N) is 1. The van der Waals surface area contributed by atoms with Crippen molar-refractivity contribution in [2.75, 3.05) is 7.11 Å². The molecule has 0 bridgehead atoms. The van der Waals surface area contributed by atoms with Crippen molar-refractivity contribution < 1.29 is 19.1 Å². The van der Waals surface area contributed by atoms with Crippen LogP contribution in [0.1, 0.15) is 11.1 Å². The van der Waals surface area contributed by atoms with Gasteiger partial charge in [-0.05, 0) is 17.2 Å². The van der Waals surface area contributed by atoms with Gasteiger partial charge in [0.1, 0.15) is 6.61 Å². The van der Waals surface area contributed by atoms with Crippen molar-refractivity contribution in [1.29, 1.82) is 0 Å². The van der Waals surface area contributed by atoms with E-state index in [0.717, 1.165) is 11.1 Å². The molecule has 1 atom stereocenters. The number of carbonyl (C=O) groups is 2. The van der Waals surface area contributed by atoms with E-state index in [2.05, 4.69) is 4.74 Å². The van der Waals surface area contributed by atoms with E-state index in [1.807, 2.05) is 60.7 Å². The number of carbonyl (C=O) groups excluding carboxylic acids is 2. The molecule has 0 aliphatic rings. The first kappa shape index (κ1) is 17.4. The summed E-state index contributed by atoms with van der Waals surface area (Å²) in [6, 6.07) is 18.3. The average molecular weight is 325 g/mol. The van der Waals surface area contributed by atoms with E-state index in [9.17, 15) is 9.59 Å². The van der Waals surface area contributed by atoms with Gasteiger partial charge in [-0.3, -0.25) is 0 Å². The molecule has 0 aliphatic carbocycles. The van der Waals surface area contributed by atoms with E-state index < -0.39 is 17.5 Å². The second kappa shape index (κ2) is 8.08. The summed E-state index contributed by atoms with van der Waals surface area (Å²) in [7, 11) is 1.17. The molecule has 0 saturated heterocycles. The number of ether oxygens (including phenoxy) is 2. The summed E-state index contributed by atoms with van der Waals surface area (Å²) in [4.78, 5) is 24.4. The van der Waals surface area contributed by atoms with Gasteiger partial charge in [0.05, 0.1) is 7.11 Å². The molecule has 0 aromatic heterocycles. The van der Waals surface area contributed by atoms with Crippen molar-refractivity contribution in [2.24, 2.45) is 5.73 Å². The topological polar surface area (TPSA) is 78.6 Å². The van der Waals surface area contributed by atoms with Crippen LogP contribution in [0.15, 0.2) is 66.7 Å². The van der Waals surface area contributed by atoms with Crippen molar-refractivity contribution in [3.8, 4) is 0 Å². The lowest BCUT2D eigenvalue weighted by Gasteiger charge is -2.21. The summed E-state index contributed by atoms with van der Waals surface area (Å²) < 4.78 is 9.85. The molecule has 0 amide bonds. The van der Waals surface area contributed by atoms with E-state index in [4.69, 9.17) is 10.5 Å². The second-order valence-corrected chi connectivity index (χ2v) is 5.17. The molecule has 0 fully saturated rings. The number of hydrogen-bond acceptors (Lipinski definition) is 5. The quantitative estimate of drug-likeness (QED) is 0.651. The fraction of sp³-hybridized carbons (Fsp3) is 0.158. The molecule has 24 heavy (non-hydrogen) atoms. The Labute approximate surface area is 140 Å². The van der Waals surface area contributed by atoms with Crippen LogP contribution >= 0.6 is 0 Å². The first-order valence-electron chi connectivity index (χ1n) is 7.39. The van der Waals surface area contributed by atoms with E-state index in [0.29, 0.717) is 0 Å². The van der Waals surface area contributed by atoms with Crippen molar-refractivity contribution in [3.63, 3.8) is 0 Å². The summed E-state index contributed by atoms with van der Waals surface area (Å²) in [6.07, 6.45) is 2.88. The molecule has 2 rings (SSSR count). The zero-order valence-corrected chi connectivity index (χ0v) is 13.3. The van der Waals surface area contributed by atoms with Crippen LogP contribution in [0.2, 0.25) is 0 Å². The Balaban J connectivity index is 2.15. The Hall–Kier alpha value is -2.92. The molecular formula is C19H19NO4. The minimum atomic E-state index is -2.00. The lowest BCUT2D eigenvalue weighted by Crippen LogP contribution is -2.54. The molecule has 2 aromatic rings. The summed E-state index contributed by atoms with van der Waals surface area (Å²) in [5.74, 6) is -1.75. The molecule has 5 heteroatoms. The number of methoxy groups -OCH3 is 1. The smallest absolute Gasteiger partial charge is 0.342 e. The standard InChI is InChI=1S/C19H19NO4/c1-23-17(21)19(20,13-12-15-8-4-2-5-9-15)18(22)24-14-16-10-6-3-7-11-16/h2-13H,14,20H2,1H3/b13-12+. The zero-order valence-electron chi connectivity index (χ0n) is 13.3. The number of esters is 2. The van der Waals surface area contributed by atoms with Gasteiger partial charge < -0.3 is 15.2 Å². The van der Waals surface area contributed by atoms with E-state index in [1.165, 1.54) is 13.2 Å². The SMILES string of the molecule is COC(=O)C(N)(/C=C/c1ccccc1)C(=O)OCc1ccccc1. The Morgan fingerprint density at radius 3 is 2.17 bits per heavy atom. The van der Waals surface area contributed by atoms with Crippen molar-refractivity contribution >= 4 is 18.0 Å². The molecule has 2 N–H and O–H groups in total. The molecule has 5 nitrogen and oxygen atoms in total. The maximum Gasteiger partial charge on any atom is 0.342 e. The molecule has 0 saturated carbocycles. The molecule has 2 aromatic carbocycles. The van der Waals surface area contributed by atoms with Crippen LogP contribution < -0.4 is 5.73 Å². The summed E-state index contributed by atoms with van der Waals surface area (Å²) in [6.45, 7) is 0.0226. The Bertz CT molecular complexity index is 713. The third kappa shape index (κ3) is 4.30. The van der Waals surface area contributed by atoms with E-state index in [1.54, 1.807) is 6.08 Å². The minimum absolute atomic E-state index is 0.0226. The highest BCUT2D eigenvalue weighted by Crippen LogP contribution is 2.14. The number of rotatable bonds is 6. The van der Waals surface area contributed by atoms with Crippen molar-refractivity contribution in [3.05, 3.63) is 77.9 Å². The predicted molar refractivity (Wildman–Crippen MR) is 90.6 cm³/mol. The highest BCUT2D eigenvalue weighted by atomic mass is 16.6. The van der Waals surface area contributed by atoms with Crippen molar-refractivity contribution in [2.45, 2.75) is 12.1 Å². The summed E-state index contributed by atoms with van der Waals surface area (Å²) in [5, 5.41) is 0. The average Bonchev–Trinajstić information content (AvgIpc) is 2.65. The maximum atomic E-state index is 12.4. The lowest BCUT2D eigenvalue weighted by molar-refractivity contribution is -0.160. The Morgan fingerprint density at radius 2 is 1.58 bits per heavy atom. The van der Waals surface area contributed by atoms with Gasteiger partial charge in [-0.15, -0.1) is 0 Å². The monoisotopic (exact) mass is 325 g/mol. The minimum Gasteiger partial charge on any atom is -0.467 e. The largest absolute Gasteiger partial charge is 0.467 e. The molecular weight excluding hydrogens is 306 g/mol. The fourth-order valence-electron chi connectivity index (χ4n) is 2.02. The first-order valence-corrected chi connectivity index (χ1v) is 7.39. The number of benzene rings is 2. The maximum absolute atomic E-state index is 12.4. The molecule has 0 aliphatic heterocycles. The first-order chi connectivity index (χ1) is 11.6. The van der Waals surface area contributed by atoms with Gasteiger partial charge in [0, 0.05) is 0 Å². The highest BCUT2D eigenvalue weighted by molar-refractivity contribution is 6.07. The Morgan fingerprint density at radius 1 is 1.00 bits per heavy atom. The lowest BCUT2D eigenvalue weighted by atomic mass is 9.99. The highest BCUT2D eigenvalue weighted by Gasteiger charge is 2.42. The number of hydrogen-bond donors (Lipinski definition) is 1. The van der Waals surface area contributed by atoms with E-state index >= 15 is 0 Å². The van der Waals surface area contributed by atoms with Gasteiger partial charge in [-0.25, -0.2) is 9.59 Å². The molecule has 0 spiro atoms. The van der Waals surface area contributed by atoms with Gasteiger partial charge in [-0.1, -0.05) is 66.7 Å². The predicted octanol–water partition coefficient (Wildman–Crippen LogP) is 2.31. The van der Waals surface area contributed by atoms with Gasteiger partial charge in [-0.2, -0.15) is 0 Å². The van der Waals surface area contributed by atoms with Crippen LogP contribution in [0.3, 0.4) is 0 Å². The molecule has 0 heterocycles. The molecule has 1 unspecified atom stereocenters. The van der Waals surface area contributed by atoms with Gasteiger partial charge in [0.2, 0.25) is 5.54 Å². The van der Waals surface area contributed by atoms with Gasteiger partial charge in [0.15, 0.2) is 0 Å². The van der Waals surface area contributed by atoms with Crippen LogP contribution in [0.5, 0.6) is 0 Å².